The smallest absolute Gasteiger partial charge is 0.246 e. The van der Waals surface area contributed by atoms with Gasteiger partial charge in [0, 0.05) is 25.4 Å². The minimum atomic E-state index is -0.432. The highest BCUT2D eigenvalue weighted by atomic mass is 32.2. The van der Waals surface area contributed by atoms with Gasteiger partial charge in [0.2, 0.25) is 11.8 Å². The molecular weight excluding hydrogens is 276 g/mol. The fraction of sp³-hybridized carbons (Fsp3) is 0.857. The van der Waals surface area contributed by atoms with Crippen LogP contribution in [0, 0.1) is 0 Å². The molecule has 0 aromatic carbocycles. The summed E-state index contributed by atoms with van der Waals surface area (Å²) in [5, 5.41) is 2.86. The number of thioether (sulfide) groups is 1. The maximum absolute atomic E-state index is 12.4. The first-order chi connectivity index (χ1) is 9.44. The zero-order valence-corrected chi connectivity index (χ0v) is 13.3. The molecular formula is C14H24N2O3S. The molecule has 0 aromatic rings. The van der Waals surface area contributed by atoms with Crippen LogP contribution >= 0.6 is 11.8 Å². The predicted octanol–water partition coefficient (Wildman–Crippen LogP) is 1.02. The molecule has 2 aliphatic heterocycles. The first-order valence-electron chi connectivity index (χ1n) is 7.29. The number of nitrogens with one attached hydrogen (secondary N) is 1. The van der Waals surface area contributed by atoms with E-state index in [2.05, 4.69) is 5.32 Å². The fourth-order valence-electron chi connectivity index (χ4n) is 2.56. The number of ether oxygens (including phenoxy) is 1. The minimum Gasteiger partial charge on any atom is -0.378 e. The van der Waals surface area contributed by atoms with Crippen molar-refractivity contribution in [3.05, 3.63) is 0 Å². The second-order valence-electron chi connectivity index (χ2n) is 5.83. The SMILES string of the molecule is CCOC1CCN(C(=O)[C@@H]2CSC(C)(C)C(=O)N2)CC1. The van der Waals surface area contributed by atoms with Crippen molar-refractivity contribution in [1.82, 2.24) is 10.2 Å². The first-order valence-corrected chi connectivity index (χ1v) is 8.28. The number of amides is 2. The molecule has 6 heteroatoms. The molecule has 0 aromatic heterocycles. The number of hydrogen-bond acceptors (Lipinski definition) is 4. The topological polar surface area (TPSA) is 58.6 Å². The van der Waals surface area contributed by atoms with Gasteiger partial charge >= 0.3 is 0 Å². The van der Waals surface area contributed by atoms with Gasteiger partial charge in [-0.3, -0.25) is 9.59 Å². The van der Waals surface area contributed by atoms with E-state index in [4.69, 9.17) is 4.74 Å². The van der Waals surface area contributed by atoms with Crippen LogP contribution in [0.2, 0.25) is 0 Å². The summed E-state index contributed by atoms with van der Waals surface area (Å²) in [6.45, 7) is 7.95. The van der Waals surface area contributed by atoms with Crippen LogP contribution in [0.4, 0.5) is 0 Å². The average Bonchev–Trinajstić information content (AvgIpc) is 2.42. The zero-order valence-electron chi connectivity index (χ0n) is 12.5. The molecule has 1 N–H and O–H groups in total. The van der Waals surface area contributed by atoms with E-state index >= 15 is 0 Å². The molecule has 2 fully saturated rings. The van der Waals surface area contributed by atoms with E-state index in [0.29, 0.717) is 5.75 Å². The summed E-state index contributed by atoms with van der Waals surface area (Å²) >= 11 is 1.55. The van der Waals surface area contributed by atoms with Crippen molar-refractivity contribution in [2.45, 2.75) is 50.5 Å². The molecule has 2 heterocycles. The Balaban J connectivity index is 1.85. The Morgan fingerprint density at radius 3 is 2.65 bits per heavy atom. The number of nitrogens with zero attached hydrogens (tertiary/aromatic N) is 1. The van der Waals surface area contributed by atoms with Gasteiger partial charge < -0.3 is 15.0 Å². The van der Waals surface area contributed by atoms with Gasteiger partial charge in [-0.1, -0.05) is 0 Å². The van der Waals surface area contributed by atoms with Crippen molar-refractivity contribution < 1.29 is 14.3 Å². The van der Waals surface area contributed by atoms with E-state index in [9.17, 15) is 9.59 Å². The Kier molecular flexibility index (Phi) is 4.96. The first kappa shape index (κ1) is 15.6. The van der Waals surface area contributed by atoms with Gasteiger partial charge in [-0.05, 0) is 33.6 Å². The Morgan fingerprint density at radius 2 is 2.10 bits per heavy atom. The molecule has 2 amide bonds. The zero-order chi connectivity index (χ0) is 14.8. The van der Waals surface area contributed by atoms with Crippen LogP contribution in [0.1, 0.15) is 33.6 Å². The lowest BCUT2D eigenvalue weighted by Crippen LogP contribution is -2.58. The molecule has 0 unspecified atom stereocenters. The number of carbonyl (C=O) groups excluding carboxylic acids is 2. The number of hydrogen-bond donors (Lipinski definition) is 1. The average molecular weight is 300 g/mol. The summed E-state index contributed by atoms with van der Waals surface area (Å²) in [5.41, 5.74) is 0. The molecule has 0 bridgehead atoms. The van der Waals surface area contributed by atoms with Gasteiger partial charge in [0.05, 0.1) is 10.9 Å². The van der Waals surface area contributed by atoms with Crippen molar-refractivity contribution in [1.29, 1.82) is 0 Å². The van der Waals surface area contributed by atoms with Gasteiger partial charge in [0.25, 0.3) is 0 Å². The van der Waals surface area contributed by atoms with Gasteiger partial charge in [-0.25, -0.2) is 0 Å². The third kappa shape index (κ3) is 3.47. The lowest BCUT2D eigenvalue weighted by molar-refractivity contribution is -0.138. The van der Waals surface area contributed by atoms with Crippen molar-refractivity contribution in [2.24, 2.45) is 0 Å². The molecule has 0 saturated carbocycles. The lowest BCUT2D eigenvalue weighted by Gasteiger charge is -2.38. The highest BCUT2D eigenvalue weighted by Gasteiger charge is 2.39. The molecule has 2 rings (SSSR count). The summed E-state index contributed by atoms with van der Waals surface area (Å²) in [6.07, 6.45) is 2.05. The third-order valence-corrected chi connectivity index (χ3v) is 5.32. The van der Waals surface area contributed by atoms with Gasteiger partial charge in [-0.2, -0.15) is 0 Å². The van der Waals surface area contributed by atoms with E-state index in [1.165, 1.54) is 0 Å². The highest BCUT2D eigenvalue weighted by molar-refractivity contribution is 8.01. The van der Waals surface area contributed by atoms with Crippen LogP contribution in [0.15, 0.2) is 0 Å². The van der Waals surface area contributed by atoms with E-state index in [0.717, 1.165) is 32.5 Å². The molecule has 20 heavy (non-hydrogen) atoms. The van der Waals surface area contributed by atoms with Crippen LogP contribution in [0.3, 0.4) is 0 Å². The van der Waals surface area contributed by atoms with Crippen LogP contribution in [0.5, 0.6) is 0 Å². The lowest BCUT2D eigenvalue weighted by atomic mass is 10.1. The molecule has 2 saturated heterocycles. The number of rotatable bonds is 3. The van der Waals surface area contributed by atoms with E-state index in [-0.39, 0.29) is 24.0 Å². The van der Waals surface area contributed by atoms with Crippen LogP contribution in [0.25, 0.3) is 0 Å². The van der Waals surface area contributed by atoms with E-state index in [1.54, 1.807) is 11.8 Å². The Bertz CT molecular complexity index is 379. The van der Waals surface area contributed by atoms with Gasteiger partial charge in [0.1, 0.15) is 6.04 Å². The number of piperidine rings is 1. The van der Waals surface area contributed by atoms with Crippen LogP contribution in [-0.4, -0.2) is 59.1 Å². The molecule has 5 nitrogen and oxygen atoms in total. The summed E-state index contributed by atoms with van der Waals surface area (Å²) in [4.78, 5) is 26.2. The highest BCUT2D eigenvalue weighted by Crippen LogP contribution is 2.29. The molecule has 0 spiro atoms. The number of likely N-dealkylation sites (tertiary alicyclic amines) is 1. The van der Waals surface area contributed by atoms with Crippen molar-refractivity contribution in [2.75, 3.05) is 25.4 Å². The predicted molar refractivity (Wildman–Crippen MR) is 79.7 cm³/mol. The Morgan fingerprint density at radius 1 is 1.45 bits per heavy atom. The van der Waals surface area contributed by atoms with Crippen molar-refractivity contribution in [3.8, 4) is 0 Å². The summed E-state index contributed by atoms with van der Waals surface area (Å²) in [5.74, 6) is 0.663. The van der Waals surface area contributed by atoms with Crippen molar-refractivity contribution >= 4 is 23.6 Å². The summed E-state index contributed by atoms with van der Waals surface area (Å²) in [7, 11) is 0. The summed E-state index contributed by atoms with van der Waals surface area (Å²) in [6, 6.07) is -0.371. The molecule has 1 atom stereocenters. The third-order valence-electron chi connectivity index (χ3n) is 3.92. The van der Waals surface area contributed by atoms with E-state index in [1.807, 2.05) is 25.7 Å². The largest absolute Gasteiger partial charge is 0.378 e. The van der Waals surface area contributed by atoms with Gasteiger partial charge in [0.15, 0.2) is 0 Å². The Labute approximate surface area is 124 Å². The maximum atomic E-state index is 12.4. The minimum absolute atomic E-state index is 0.0451. The number of carbonyl (C=O) groups is 2. The normalized spacial score (nSPS) is 27.2. The molecule has 0 radical (unpaired) electrons. The maximum Gasteiger partial charge on any atom is 0.246 e. The van der Waals surface area contributed by atoms with Crippen LogP contribution < -0.4 is 5.32 Å². The molecule has 0 aliphatic carbocycles. The molecule has 2 aliphatic rings. The molecule has 114 valence electrons. The Hall–Kier alpha value is -0.750. The second kappa shape index (κ2) is 6.35. The standard InChI is InChI=1S/C14H24N2O3S/c1-4-19-10-5-7-16(8-6-10)12(17)11-9-20-14(2,3)13(18)15-11/h10-11H,4-9H2,1-3H3,(H,15,18)/t11-/m0/s1. The second-order valence-corrected chi connectivity index (χ2v) is 7.47. The fourth-order valence-corrected chi connectivity index (χ4v) is 3.56. The van der Waals surface area contributed by atoms with Crippen molar-refractivity contribution in [3.63, 3.8) is 0 Å². The monoisotopic (exact) mass is 300 g/mol. The quantitative estimate of drug-likeness (QED) is 0.845. The van der Waals surface area contributed by atoms with Gasteiger partial charge in [-0.15, -0.1) is 11.8 Å². The van der Waals surface area contributed by atoms with Crippen LogP contribution in [-0.2, 0) is 14.3 Å². The summed E-state index contributed by atoms with van der Waals surface area (Å²) < 4.78 is 5.16. The van der Waals surface area contributed by atoms with E-state index < -0.39 is 4.75 Å².